The first-order chi connectivity index (χ1) is 14.3. The van der Waals surface area contributed by atoms with Crippen LogP contribution in [0, 0.1) is 6.92 Å². The van der Waals surface area contributed by atoms with Crippen LogP contribution in [-0.4, -0.2) is 47.4 Å². The molecule has 7 nitrogen and oxygen atoms in total. The summed E-state index contributed by atoms with van der Waals surface area (Å²) in [5, 5.41) is 6.50. The predicted octanol–water partition coefficient (Wildman–Crippen LogP) is 2.93. The van der Waals surface area contributed by atoms with Crippen LogP contribution >= 0.6 is 0 Å². The van der Waals surface area contributed by atoms with Crippen LogP contribution in [0.4, 0.5) is 0 Å². The molecule has 2 rings (SSSR count). The lowest BCUT2D eigenvalue weighted by atomic mass is 10.1. The summed E-state index contributed by atoms with van der Waals surface area (Å²) in [6.07, 6.45) is 2.04. The second-order valence-corrected chi connectivity index (χ2v) is 8.86. The summed E-state index contributed by atoms with van der Waals surface area (Å²) < 4.78 is 34.3. The van der Waals surface area contributed by atoms with Crippen molar-refractivity contribution in [1.82, 2.24) is 10.6 Å². The van der Waals surface area contributed by atoms with Crippen molar-refractivity contribution in [3.05, 3.63) is 53.6 Å². The number of nitrogens with zero attached hydrogens (tertiary/aromatic N) is 1. The number of aryl methyl sites for hydroxylation is 1. The van der Waals surface area contributed by atoms with Crippen LogP contribution in [-0.2, 0) is 16.4 Å². The number of hydrogen-bond donors (Lipinski definition) is 2. The molecule has 0 aliphatic carbocycles. The number of rotatable bonds is 10. The van der Waals surface area contributed by atoms with Gasteiger partial charge in [-0.15, -0.1) is 0 Å². The van der Waals surface area contributed by atoms with Gasteiger partial charge in [0.05, 0.1) is 25.2 Å². The number of hydrogen-bond acceptors (Lipinski definition) is 5. The van der Waals surface area contributed by atoms with Gasteiger partial charge in [-0.3, -0.25) is 0 Å². The van der Waals surface area contributed by atoms with Gasteiger partial charge < -0.3 is 20.1 Å². The normalized spacial score (nSPS) is 11.8. The van der Waals surface area contributed by atoms with Crippen molar-refractivity contribution in [3.63, 3.8) is 0 Å². The molecule has 0 aliphatic heterocycles. The van der Waals surface area contributed by atoms with Gasteiger partial charge in [-0.05, 0) is 61.7 Å². The summed E-state index contributed by atoms with van der Waals surface area (Å²) in [6, 6.07) is 12.8. The minimum Gasteiger partial charge on any atom is -0.497 e. The zero-order valence-corrected chi connectivity index (χ0v) is 18.9. The summed E-state index contributed by atoms with van der Waals surface area (Å²) in [7, 11) is -1.57. The van der Waals surface area contributed by atoms with Gasteiger partial charge in [-0.1, -0.05) is 12.1 Å². The zero-order valence-electron chi connectivity index (χ0n) is 18.1. The third-order valence-electron chi connectivity index (χ3n) is 4.34. The van der Waals surface area contributed by atoms with Gasteiger partial charge in [-0.2, -0.15) is 0 Å². The number of guanidine groups is 1. The van der Waals surface area contributed by atoms with E-state index < -0.39 is 9.84 Å². The molecule has 0 spiro atoms. The van der Waals surface area contributed by atoms with Crippen LogP contribution in [0.3, 0.4) is 0 Å². The number of benzene rings is 2. The van der Waals surface area contributed by atoms with E-state index in [1.165, 1.54) is 6.26 Å². The Kier molecular flexibility index (Phi) is 8.98. The van der Waals surface area contributed by atoms with Crippen molar-refractivity contribution in [3.8, 4) is 11.5 Å². The standard InChI is InChI=1S/C22H31N3O4S/c1-5-23-22(24-13-6-14-29-20-10-8-19(28-3)9-11-20)25-16-18-7-12-21(17(2)15-18)30(4,26)27/h7-12,15H,5-6,13-14,16H2,1-4H3,(H2,23,24,25). The van der Waals surface area contributed by atoms with E-state index >= 15 is 0 Å². The molecule has 2 N–H and O–H groups in total. The van der Waals surface area contributed by atoms with Gasteiger partial charge in [-0.25, -0.2) is 13.4 Å². The molecule has 0 unspecified atom stereocenters. The second-order valence-electron chi connectivity index (χ2n) is 6.87. The average Bonchev–Trinajstić information content (AvgIpc) is 2.71. The van der Waals surface area contributed by atoms with Gasteiger partial charge in [0.25, 0.3) is 0 Å². The van der Waals surface area contributed by atoms with E-state index in [0.29, 0.717) is 30.6 Å². The lowest BCUT2D eigenvalue weighted by Gasteiger charge is -2.12. The zero-order chi connectivity index (χ0) is 22.0. The summed E-state index contributed by atoms with van der Waals surface area (Å²) >= 11 is 0. The molecular formula is C22H31N3O4S. The van der Waals surface area contributed by atoms with Crippen molar-refractivity contribution in [2.45, 2.75) is 31.7 Å². The highest BCUT2D eigenvalue weighted by atomic mass is 32.2. The van der Waals surface area contributed by atoms with Crippen LogP contribution in [0.25, 0.3) is 0 Å². The number of methoxy groups -OCH3 is 1. The molecule has 0 aliphatic rings. The lowest BCUT2D eigenvalue weighted by Crippen LogP contribution is -2.38. The highest BCUT2D eigenvalue weighted by Gasteiger charge is 2.10. The Labute approximate surface area is 179 Å². The average molecular weight is 434 g/mol. The Balaban J connectivity index is 1.83. The summed E-state index contributed by atoms with van der Waals surface area (Å²) in [6.45, 7) is 6.33. The maximum atomic E-state index is 11.7. The van der Waals surface area contributed by atoms with Crippen LogP contribution < -0.4 is 20.1 Å². The van der Waals surface area contributed by atoms with Gasteiger partial charge in [0.1, 0.15) is 11.5 Å². The lowest BCUT2D eigenvalue weighted by molar-refractivity contribution is 0.310. The largest absolute Gasteiger partial charge is 0.497 e. The molecule has 0 saturated heterocycles. The SMILES string of the molecule is CCNC(=NCc1ccc(S(C)(=O)=O)c(C)c1)NCCCOc1ccc(OC)cc1. The molecule has 164 valence electrons. The molecule has 0 amide bonds. The first kappa shape index (κ1) is 23.5. The molecule has 8 heteroatoms. The van der Waals surface area contributed by atoms with Crippen LogP contribution in [0.1, 0.15) is 24.5 Å². The van der Waals surface area contributed by atoms with Crippen molar-refractivity contribution in [1.29, 1.82) is 0 Å². The first-order valence-electron chi connectivity index (χ1n) is 9.92. The molecule has 0 atom stereocenters. The van der Waals surface area contributed by atoms with E-state index in [0.717, 1.165) is 35.6 Å². The molecule has 0 bridgehead atoms. The second kappa shape index (κ2) is 11.4. The monoisotopic (exact) mass is 433 g/mol. The fourth-order valence-corrected chi connectivity index (χ4v) is 3.84. The third-order valence-corrected chi connectivity index (χ3v) is 5.60. The van der Waals surface area contributed by atoms with Crippen molar-refractivity contribution in [2.75, 3.05) is 33.1 Å². The quantitative estimate of drug-likeness (QED) is 0.340. The Morgan fingerprint density at radius 1 is 1.07 bits per heavy atom. The van der Waals surface area contributed by atoms with Gasteiger partial charge in [0.15, 0.2) is 15.8 Å². The Morgan fingerprint density at radius 2 is 1.77 bits per heavy atom. The summed E-state index contributed by atoms with van der Waals surface area (Å²) in [5.41, 5.74) is 1.69. The fraction of sp³-hybridized carbons (Fsp3) is 0.409. The molecule has 0 radical (unpaired) electrons. The van der Waals surface area contributed by atoms with E-state index in [-0.39, 0.29) is 0 Å². The van der Waals surface area contributed by atoms with Crippen molar-refractivity contribution in [2.24, 2.45) is 4.99 Å². The maximum Gasteiger partial charge on any atom is 0.191 e. The van der Waals surface area contributed by atoms with Crippen LogP contribution in [0.15, 0.2) is 52.4 Å². The van der Waals surface area contributed by atoms with E-state index in [4.69, 9.17) is 9.47 Å². The molecule has 0 saturated carbocycles. The Hall–Kier alpha value is -2.74. The van der Waals surface area contributed by atoms with E-state index in [1.807, 2.05) is 37.3 Å². The van der Waals surface area contributed by atoms with E-state index in [9.17, 15) is 8.42 Å². The van der Waals surface area contributed by atoms with Crippen molar-refractivity contribution < 1.29 is 17.9 Å². The summed E-state index contributed by atoms with van der Waals surface area (Å²) in [4.78, 5) is 4.94. The highest BCUT2D eigenvalue weighted by molar-refractivity contribution is 7.90. The smallest absolute Gasteiger partial charge is 0.191 e. The van der Waals surface area contributed by atoms with Gasteiger partial charge in [0, 0.05) is 19.3 Å². The Bertz CT molecular complexity index is 941. The minimum absolute atomic E-state index is 0.358. The molecule has 2 aromatic carbocycles. The molecule has 30 heavy (non-hydrogen) atoms. The van der Waals surface area contributed by atoms with Crippen LogP contribution in [0.5, 0.6) is 11.5 Å². The molecule has 0 aromatic heterocycles. The number of nitrogens with one attached hydrogen (secondary N) is 2. The molecule has 2 aromatic rings. The highest BCUT2D eigenvalue weighted by Crippen LogP contribution is 2.18. The van der Waals surface area contributed by atoms with Gasteiger partial charge >= 0.3 is 0 Å². The van der Waals surface area contributed by atoms with E-state index in [2.05, 4.69) is 15.6 Å². The van der Waals surface area contributed by atoms with Crippen LogP contribution in [0.2, 0.25) is 0 Å². The number of sulfone groups is 1. The van der Waals surface area contributed by atoms with Crippen molar-refractivity contribution >= 4 is 15.8 Å². The molecular weight excluding hydrogens is 402 g/mol. The maximum absolute atomic E-state index is 11.7. The molecule has 0 heterocycles. The Morgan fingerprint density at radius 3 is 2.37 bits per heavy atom. The fourth-order valence-electron chi connectivity index (χ4n) is 2.88. The molecule has 0 fully saturated rings. The number of ether oxygens (including phenoxy) is 2. The number of aliphatic imine (C=N–C) groups is 1. The predicted molar refractivity (Wildman–Crippen MR) is 120 cm³/mol. The summed E-state index contributed by atoms with van der Waals surface area (Å²) in [5.74, 6) is 2.33. The van der Waals surface area contributed by atoms with E-state index in [1.54, 1.807) is 26.2 Å². The topological polar surface area (TPSA) is 89.0 Å². The van der Waals surface area contributed by atoms with Gasteiger partial charge in [0.2, 0.25) is 0 Å². The third kappa shape index (κ3) is 7.59. The minimum atomic E-state index is -3.21. The first-order valence-corrected chi connectivity index (χ1v) is 11.8.